The number of esters is 3. The number of hydrogen-bond donors (Lipinski definition) is 10. The SMILES string of the molecule is O=C(C=Cc1ccc(O)c(O)c1)O[C@@H]1O[C@@H]2COC(=O)c3cc(O)c(O)c(O)c3-c3c(cc(O)c(O)c3O)C(=O)O[C@H]2[C@H](O)[C@H]1O. The van der Waals surface area contributed by atoms with Gasteiger partial charge in [0.1, 0.15) is 24.9 Å². The molecule has 46 heavy (non-hydrogen) atoms. The van der Waals surface area contributed by atoms with Gasteiger partial charge in [-0.25, -0.2) is 14.4 Å². The van der Waals surface area contributed by atoms with Crippen LogP contribution in [0.2, 0.25) is 0 Å². The van der Waals surface area contributed by atoms with Gasteiger partial charge in [0.2, 0.25) is 17.8 Å². The molecule has 17 nitrogen and oxygen atoms in total. The summed E-state index contributed by atoms with van der Waals surface area (Å²) in [6.45, 7) is -0.891. The van der Waals surface area contributed by atoms with Gasteiger partial charge in [0.25, 0.3) is 0 Å². The lowest BCUT2D eigenvalue weighted by molar-refractivity contribution is -0.290. The highest BCUT2D eigenvalue weighted by Gasteiger charge is 2.49. The lowest BCUT2D eigenvalue weighted by Gasteiger charge is -2.41. The molecular formula is C29H24O17. The molecule has 2 aliphatic rings. The fourth-order valence-electron chi connectivity index (χ4n) is 4.78. The average Bonchev–Trinajstić information content (AvgIpc) is 3.03. The molecule has 0 unspecified atom stereocenters. The van der Waals surface area contributed by atoms with E-state index in [1.54, 1.807) is 0 Å². The van der Waals surface area contributed by atoms with E-state index in [0.29, 0.717) is 12.1 Å². The van der Waals surface area contributed by atoms with Crippen LogP contribution in [0, 0.1) is 0 Å². The first-order chi connectivity index (χ1) is 21.7. The summed E-state index contributed by atoms with van der Waals surface area (Å²) >= 11 is 0. The van der Waals surface area contributed by atoms with E-state index in [0.717, 1.165) is 18.2 Å². The Hall–Kier alpha value is -5.91. The van der Waals surface area contributed by atoms with Crippen LogP contribution >= 0.6 is 0 Å². The Morgan fingerprint density at radius 2 is 1.33 bits per heavy atom. The van der Waals surface area contributed by atoms with Crippen LogP contribution in [0.5, 0.6) is 46.0 Å². The van der Waals surface area contributed by atoms with Crippen LogP contribution in [0.15, 0.2) is 36.4 Å². The highest BCUT2D eigenvalue weighted by atomic mass is 16.7. The summed E-state index contributed by atoms with van der Waals surface area (Å²) in [4.78, 5) is 39.1. The van der Waals surface area contributed by atoms with Gasteiger partial charge < -0.3 is 70.0 Å². The first-order valence-electron chi connectivity index (χ1n) is 13.1. The Bertz CT molecular complexity index is 1780. The van der Waals surface area contributed by atoms with E-state index < -0.39 is 123 Å². The molecule has 242 valence electrons. The van der Waals surface area contributed by atoms with Gasteiger partial charge in [-0.1, -0.05) is 6.07 Å². The fourth-order valence-corrected chi connectivity index (χ4v) is 4.78. The molecule has 0 radical (unpaired) electrons. The predicted molar refractivity (Wildman–Crippen MR) is 147 cm³/mol. The molecule has 0 bridgehead atoms. The molecule has 5 rings (SSSR count). The quantitative estimate of drug-likeness (QED) is 0.0798. The van der Waals surface area contributed by atoms with Crippen molar-refractivity contribution < 1.29 is 84.4 Å². The minimum atomic E-state index is -2.09. The zero-order chi connectivity index (χ0) is 33.6. The Morgan fingerprint density at radius 3 is 1.91 bits per heavy atom. The van der Waals surface area contributed by atoms with Crippen LogP contribution in [0.1, 0.15) is 26.3 Å². The standard InChI is InChI=1S/C29H24O17/c30-12-3-1-9(5-13(12)31)2-4-17(34)45-29-25(40)24(39)26-16(44-29)8-43-27(41)10-6-14(32)20(35)22(37)18(10)19-11(28(42)46-26)7-15(33)21(36)23(19)38/h1-7,16,24-26,29-33,35-40H,8H2/t16-,24-,25-,26-,29+/m1/s1. The summed E-state index contributed by atoms with van der Waals surface area (Å²) in [6, 6.07) is 4.80. The molecule has 2 heterocycles. The van der Waals surface area contributed by atoms with Crippen molar-refractivity contribution in [2.75, 3.05) is 6.61 Å². The molecular weight excluding hydrogens is 620 g/mol. The van der Waals surface area contributed by atoms with Crippen LogP contribution in [-0.4, -0.2) is 106 Å². The summed E-state index contributed by atoms with van der Waals surface area (Å²) in [5.41, 5.74) is -3.07. The van der Waals surface area contributed by atoms with E-state index in [2.05, 4.69) is 0 Å². The van der Waals surface area contributed by atoms with E-state index in [9.17, 15) is 65.4 Å². The lowest BCUT2D eigenvalue weighted by atomic mass is 9.92. The van der Waals surface area contributed by atoms with Crippen LogP contribution < -0.4 is 0 Å². The molecule has 0 aliphatic carbocycles. The number of aliphatic hydroxyl groups is 2. The normalized spacial score (nSPS) is 22.9. The van der Waals surface area contributed by atoms with Crippen LogP contribution in [-0.2, 0) is 23.7 Å². The summed E-state index contributed by atoms with van der Waals surface area (Å²) in [5.74, 6) is -12.0. The highest BCUT2D eigenvalue weighted by molar-refractivity contribution is 6.08. The van der Waals surface area contributed by atoms with Crippen molar-refractivity contribution in [1.82, 2.24) is 0 Å². The van der Waals surface area contributed by atoms with Crippen molar-refractivity contribution in [2.24, 2.45) is 0 Å². The summed E-state index contributed by atoms with van der Waals surface area (Å²) < 4.78 is 21.1. The number of aromatic hydroxyl groups is 8. The number of fused-ring (bicyclic) bond motifs is 4. The van der Waals surface area contributed by atoms with Gasteiger partial charge in [0.05, 0.1) is 11.1 Å². The third kappa shape index (κ3) is 5.56. The van der Waals surface area contributed by atoms with Gasteiger partial charge in [0, 0.05) is 17.2 Å². The van der Waals surface area contributed by atoms with Crippen molar-refractivity contribution in [3.63, 3.8) is 0 Å². The Labute approximate surface area is 256 Å². The molecule has 0 spiro atoms. The third-order valence-electron chi connectivity index (χ3n) is 7.10. The van der Waals surface area contributed by atoms with Crippen LogP contribution in [0.3, 0.4) is 0 Å². The summed E-state index contributed by atoms with van der Waals surface area (Å²) in [6.07, 6.45) is -7.65. The molecule has 10 N–H and O–H groups in total. The van der Waals surface area contributed by atoms with Crippen molar-refractivity contribution in [1.29, 1.82) is 0 Å². The number of hydrogen-bond acceptors (Lipinski definition) is 17. The maximum atomic E-state index is 13.4. The topological polar surface area (TPSA) is 290 Å². The zero-order valence-corrected chi connectivity index (χ0v) is 23.0. The van der Waals surface area contributed by atoms with Gasteiger partial charge in [-0.15, -0.1) is 0 Å². The van der Waals surface area contributed by atoms with Crippen molar-refractivity contribution >= 4 is 24.0 Å². The summed E-state index contributed by atoms with van der Waals surface area (Å²) in [7, 11) is 0. The minimum absolute atomic E-state index is 0.260. The van der Waals surface area contributed by atoms with Gasteiger partial charge in [-0.2, -0.15) is 0 Å². The highest BCUT2D eigenvalue weighted by Crippen LogP contribution is 2.52. The second-order valence-electron chi connectivity index (χ2n) is 10.0. The van der Waals surface area contributed by atoms with Gasteiger partial charge >= 0.3 is 17.9 Å². The molecule has 3 aromatic carbocycles. The number of rotatable bonds is 3. The van der Waals surface area contributed by atoms with E-state index in [4.69, 9.17) is 18.9 Å². The smallest absolute Gasteiger partial charge is 0.339 e. The Morgan fingerprint density at radius 1 is 0.739 bits per heavy atom. The number of aliphatic hydroxyl groups excluding tert-OH is 2. The van der Waals surface area contributed by atoms with E-state index >= 15 is 0 Å². The average molecular weight is 644 g/mol. The largest absolute Gasteiger partial charge is 0.504 e. The molecule has 1 fully saturated rings. The van der Waals surface area contributed by atoms with Crippen LogP contribution in [0.25, 0.3) is 17.2 Å². The first kappa shape index (κ1) is 31.5. The second-order valence-corrected chi connectivity index (χ2v) is 10.0. The lowest BCUT2D eigenvalue weighted by Crippen LogP contribution is -2.61. The van der Waals surface area contributed by atoms with Crippen molar-refractivity contribution in [3.05, 3.63) is 53.1 Å². The van der Waals surface area contributed by atoms with Crippen molar-refractivity contribution in [3.8, 4) is 57.1 Å². The van der Waals surface area contributed by atoms with Gasteiger partial charge in [0.15, 0.2) is 40.6 Å². The molecule has 5 atom stereocenters. The molecule has 0 saturated carbocycles. The maximum absolute atomic E-state index is 13.4. The van der Waals surface area contributed by atoms with Crippen LogP contribution in [0.4, 0.5) is 0 Å². The molecule has 0 amide bonds. The second kappa shape index (κ2) is 11.9. The molecule has 0 aromatic heterocycles. The first-order valence-corrected chi connectivity index (χ1v) is 13.1. The number of benzene rings is 3. The third-order valence-corrected chi connectivity index (χ3v) is 7.10. The summed E-state index contributed by atoms with van der Waals surface area (Å²) in [5, 5.41) is 102. The number of carbonyl (C=O) groups excluding carboxylic acids is 3. The molecule has 3 aromatic rings. The Kier molecular flexibility index (Phi) is 8.14. The number of cyclic esters (lactones) is 1. The molecule has 17 heteroatoms. The molecule has 2 aliphatic heterocycles. The minimum Gasteiger partial charge on any atom is -0.504 e. The predicted octanol–water partition coefficient (Wildman–Crippen LogP) is 0.397. The van der Waals surface area contributed by atoms with E-state index in [1.165, 1.54) is 12.1 Å². The number of phenols is 8. The number of phenolic OH excluding ortho intramolecular Hbond substituents is 8. The van der Waals surface area contributed by atoms with E-state index in [-0.39, 0.29) is 5.56 Å². The number of carbonyl (C=O) groups is 3. The number of ether oxygens (including phenoxy) is 4. The zero-order valence-electron chi connectivity index (χ0n) is 23.0. The Balaban J connectivity index is 1.51. The van der Waals surface area contributed by atoms with Gasteiger partial charge in [-0.05, 0) is 35.9 Å². The maximum Gasteiger partial charge on any atom is 0.339 e. The van der Waals surface area contributed by atoms with Gasteiger partial charge in [-0.3, -0.25) is 0 Å². The van der Waals surface area contributed by atoms with Crippen molar-refractivity contribution in [2.45, 2.75) is 30.7 Å². The molecule has 1 saturated heterocycles. The fraction of sp³-hybridized carbons (Fsp3) is 0.207. The monoisotopic (exact) mass is 644 g/mol. The van der Waals surface area contributed by atoms with E-state index in [1.807, 2.05) is 0 Å².